The lowest BCUT2D eigenvalue weighted by Crippen LogP contribution is -2.51. The number of benzene rings is 4. The molecular formula is C32H33N3O6S2. The summed E-state index contributed by atoms with van der Waals surface area (Å²) in [4.78, 5) is 15.3. The van der Waals surface area contributed by atoms with Crippen LogP contribution in [0.3, 0.4) is 0 Å². The minimum atomic E-state index is -4.73. The predicted molar refractivity (Wildman–Crippen MR) is 163 cm³/mol. The van der Waals surface area contributed by atoms with Gasteiger partial charge in [-0.1, -0.05) is 66.7 Å². The van der Waals surface area contributed by atoms with Crippen LogP contribution in [0, 0.1) is 13.8 Å². The van der Waals surface area contributed by atoms with Crippen molar-refractivity contribution in [1.82, 2.24) is 13.7 Å². The number of nitrogens with zero attached hydrogens (tertiary/aromatic N) is 3. The predicted octanol–water partition coefficient (Wildman–Crippen LogP) is 5.33. The summed E-state index contributed by atoms with van der Waals surface area (Å²) in [6.07, 6.45) is 0.460. The summed E-state index contributed by atoms with van der Waals surface area (Å²) in [6, 6.07) is 26.4. The van der Waals surface area contributed by atoms with E-state index in [0.29, 0.717) is 12.2 Å². The largest absolute Gasteiger partial charge is 0.497 e. The van der Waals surface area contributed by atoms with Crippen LogP contribution in [0.25, 0.3) is 0 Å². The number of urea groups is 1. The Bertz CT molecular complexity index is 1740. The minimum absolute atomic E-state index is 0.192. The van der Waals surface area contributed by atoms with Crippen LogP contribution in [-0.2, 0) is 26.5 Å². The van der Waals surface area contributed by atoms with Gasteiger partial charge in [0.15, 0.2) is 0 Å². The number of hydrogen-bond donors (Lipinski definition) is 0. The molecule has 1 aliphatic heterocycles. The van der Waals surface area contributed by atoms with Gasteiger partial charge in [0.1, 0.15) is 5.75 Å². The monoisotopic (exact) mass is 619 g/mol. The highest BCUT2D eigenvalue weighted by Gasteiger charge is 2.50. The second-order valence-corrected chi connectivity index (χ2v) is 14.1. The highest BCUT2D eigenvalue weighted by atomic mass is 32.3. The number of carbonyl (C=O) groups excluding carboxylic acids is 1. The van der Waals surface area contributed by atoms with Gasteiger partial charge in [0.2, 0.25) is 0 Å². The molecule has 2 amide bonds. The fourth-order valence-electron chi connectivity index (χ4n) is 5.06. The van der Waals surface area contributed by atoms with Gasteiger partial charge >= 0.3 is 6.03 Å². The molecule has 1 aliphatic rings. The Morgan fingerprint density at radius 1 is 0.767 bits per heavy atom. The molecule has 1 atom stereocenters. The van der Waals surface area contributed by atoms with E-state index in [4.69, 9.17) is 4.74 Å². The van der Waals surface area contributed by atoms with E-state index < -0.39 is 32.1 Å². The molecule has 224 valence electrons. The normalized spacial score (nSPS) is 15.7. The van der Waals surface area contributed by atoms with Crippen molar-refractivity contribution in [3.63, 3.8) is 0 Å². The Labute approximate surface area is 253 Å². The van der Waals surface area contributed by atoms with Gasteiger partial charge in [0.05, 0.1) is 29.5 Å². The molecule has 0 spiro atoms. The van der Waals surface area contributed by atoms with Crippen molar-refractivity contribution >= 4 is 26.1 Å². The molecule has 0 aliphatic carbocycles. The zero-order chi connectivity index (χ0) is 30.8. The summed E-state index contributed by atoms with van der Waals surface area (Å²) < 4.78 is 61.9. The topological polar surface area (TPSA) is 104 Å². The Balaban J connectivity index is 1.60. The van der Waals surface area contributed by atoms with Crippen molar-refractivity contribution in [2.75, 3.05) is 20.2 Å². The summed E-state index contributed by atoms with van der Waals surface area (Å²) in [7, 11) is -7.88. The van der Waals surface area contributed by atoms with E-state index in [0.717, 1.165) is 27.3 Å². The molecule has 0 saturated carbocycles. The third kappa shape index (κ3) is 6.01. The number of hydrogen-bond acceptors (Lipinski definition) is 6. The van der Waals surface area contributed by atoms with Crippen LogP contribution < -0.4 is 4.74 Å². The quantitative estimate of drug-likeness (QED) is 0.238. The van der Waals surface area contributed by atoms with Crippen LogP contribution in [0.4, 0.5) is 4.79 Å². The molecule has 1 saturated heterocycles. The van der Waals surface area contributed by atoms with E-state index in [1.807, 2.05) is 56.3 Å². The van der Waals surface area contributed by atoms with Crippen molar-refractivity contribution < 1.29 is 26.4 Å². The Morgan fingerprint density at radius 3 is 1.84 bits per heavy atom. The van der Waals surface area contributed by atoms with Crippen LogP contribution in [-0.4, -0.2) is 56.8 Å². The molecule has 0 N–H and O–H groups in total. The van der Waals surface area contributed by atoms with Crippen molar-refractivity contribution in [2.24, 2.45) is 0 Å². The maximum absolute atomic E-state index is 14.2. The standard InChI is InChI=1S/C32H33N3O6S2/c1-24-14-17-27(22-25(24)2)31-23-34(32(36)33(31)21-20-26-15-18-28(41-3)19-16-26)35(42(37,38)29-10-6-4-7-11-29)43(39,40)30-12-8-5-9-13-30/h4-19,22,31H,20-21,23H2,1-3H3. The van der Waals surface area contributed by atoms with Crippen LogP contribution in [0.5, 0.6) is 5.75 Å². The van der Waals surface area contributed by atoms with E-state index >= 15 is 0 Å². The average molecular weight is 620 g/mol. The van der Waals surface area contributed by atoms with Gasteiger partial charge in [0, 0.05) is 10.4 Å². The minimum Gasteiger partial charge on any atom is -0.497 e. The summed E-state index contributed by atoms with van der Waals surface area (Å²) in [5, 5.41) is 0.846. The first-order chi connectivity index (χ1) is 20.5. The van der Waals surface area contributed by atoms with Crippen molar-refractivity contribution in [2.45, 2.75) is 36.1 Å². The lowest BCUT2D eigenvalue weighted by atomic mass is 10.0. The molecule has 9 nitrogen and oxygen atoms in total. The molecular weight excluding hydrogens is 587 g/mol. The van der Waals surface area contributed by atoms with E-state index in [2.05, 4.69) is 0 Å². The molecule has 4 aromatic carbocycles. The molecule has 11 heteroatoms. The van der Waals surface area contributed by atoms with Gasteiger partial charge in [-0.05, 0) is 78.9 Å². The van der Waals surface area contributed by atoms with Crippen LogP contribution >= 0.6 is 0 Å². The van der Waals surface area contributed by atoms with E-state index in [9.17, 15) is 21.6 Å². The van der Waals surface area contributed by atoms with E-state index in [1.54, 1.807) is 24.1 Å². The van der Waals surface area contributed by atoms with Crippen LogP contribution in [0.2, 0.25) is 0 Å². The molecule has 5 rings (SSSR count). The Morgan fingerprint density at radius 2 is 1.33 bits per heavy atom. The summed E-state index contributed by atoms with van der Waals surface area (Å²) >= 11 is 0. The van der Waals surface area contributed by atoms with Gasteiger partial charge in [-0.25, -0.2) is 26.6 Å². The zero-order valence-corrected chi connectivity index (χ0v) is 25.8. The molecule has 0 radical (unpaired) electrons. The first-order valence-corrected chi connectivity index (χ1v) is 16.6. The van der Waals surface area contributed by atoms with Crippen LogP contribution in [0.1, 0.15) is 28.3 Å². The number of carbonyl (C=O) groups is 1. The highest BCUT2D eigenvalue weighted by molar-refractivity contribution is 8.04. The number of ether oxygens (including phenoxy) is 1. The smallest absolute Gasteiger partial charge is 0.336 e. The average Bonchev–Trinajstić information content (AvgIpc) is 3.33. The highest BCUT2D eigenvalue weighted by Crippen LogP contribution is 2.36. The number of methoxy groups -OCH3 is 1. The van der Waals surface area contributed by atoms with Gasteiger partial charge in [-0.15, -0.1) is 0 Å². The zero-order valence-electron chi connectivity index (χ0n) is 24.1. The molecule has 1 unspecified atom stereocenters. The van der Waals surface area contributed by atoms with Crippen molar-refractivity contribution in [1.29, 1.82) is 0 Å². The number of aryl methyl sites for hydroxylation is 2. The first-order valence-electron chi connectivity index (χ1n) is 13.7. The SMILES string of the molecule is COc1ccc(CCN2C(=O)N(N(S(=O)(=O)c3ccccc3)S(=O)(=O)c3ccccc3)CC2c2ccc(C)c(C)c2)cc1. The molecule has 43 heavy (non-hydrogen) atoms. The second kappa shape index (κ2) is 12.2. The first kappa shape index (κ1) is 30.3. The number of sulfonamides is 2. The molecule has 4 aromatic rings. The van der Waals surface area contributed by atoms with Crippen molar-refractivity contribution in [3.05, 3.63) is 125 Å². The van der Waals surface area contributed by atoms with Gasteiger partial charge in [0.25, 0.3) is 20.0 Å². The van der Waals surface area contributed by atoms with Crippen molar-refractivity contribution in [3.8, 4) is 5.75 Å². The summed E-state index contributed by atoms with van der Waals surface area (Å²) in [6.45, 7) is 3.97. The third-order valence-corrected chi connectivity index (χ3v) is 11.7. The third-order valence-electron chi connectivity index (χ3n) is 7.60. The van der Waals surface area contributed by atoms with Gasteiger partial charge in [-0.2, -0.15) is 0 Å². The van der Waals surface area contributed by atoms with Crippen LogP contribution in [0.15, 0.2) is 113 Å². The second-order valence-electron chi connectivity index (χ2n) is 10.3. The maximum atomic E-state index is 14.2. The molecule has 1 fully saturated rings. The Kier molecular flexibility index (Phi) is 8.59. The fourth-order valence-corrected chi connectivity index (χ4v) is 8.77. The molecule has 0 aromatic heterocycles. The lowest BCUT2D eigenvalue weighted by Gasteiger charge is -2.29. The van der Waals surface area contributed by atoms with Gasteiger partial charge < -0.3 is 9.64 Å². The number of rotatable bonds is 10. The van der Waals surface area contributed by atoms with Gasteiger partial charge in [-0.3, -0.25) is 0 Å². The fraction of sp³-hybridized carbons (Fsp3) is 0.219. The number of amides is 2. The van der Waals surface area contributed by atoms with E-state index in [-0.39, 0.29) is 26.7 Å². The van der Waals surface area contributed by atoms with E-state index in [1.165, 1.54) is 48.5 Å². The summed E-state index contributed by atoms with van der Waals surface area (Å²) in [5.41, 5.74) is 3.79. The molecule has 1 heterocycles. The Hall–Kier alpha value is -4.19. The lowest BCUT2D eigenvalue weighted by molar-refractivity contribution is 0.154. The summed E-state index contributed by atoms with van der Waals surface area (Å²) in [5.74, 6) is 0.702. The number of hydrazine groups is 1. The molecule has 0 bridgehead atoms. The maximum Gasteiger partial charge on any atom is 0.336 e.